The molecular weight excluding hydrogens is 2250 g/mol. The van der Waals surface area contributed by atoms with Gasteiger partial charge in [0.2, 0.25) is 0 Å². The van der Waals surface area contributed by atoms with E-state index in [-0.39, 0.29) is 82.6 Å². The number of halogens is 9. The maximum atomic E-state index is 14.1. The Kier molecular flexibility index (Phi) is 37.8. The van der Waals surface area contributed by atoms with Crippen molar-refractivity contribution in [2.75, 3.05) is 115 Å². The molecule has 33 nitrogen and oxygen atoms in total. The van der Waals surface area contributed by atoms with Crippen LogP contribution in [0.3, 0.4) is 0 Å². The highest BCUT2D eigenvalue weighted by Crippen LogP contribution is 2.39. The molecule has 512 valence electrons. The third-order valence-electron chi connectivity index (χ3n) is 11.9. The van der Waals surface area contributed by atoms with Crippen molar-refractivity contribution < 1.29 is 119 Å². The van der Waals surface area contributed by atoms with Crippen molar-refractivity contribution in [2.24, 2.45) is 5.41 Å². The highest BCUT2D eigenvalue weighted by atomic mass is 127. The summed E-state index contributed by atoms with van der Waals surface area (Å²) in [5.41, 5.74) is -3.66. The van der Waals surface area contributed by atoms with Crippen LogP contribution in [0.1, 0.15) is 69.1 Å². The van der Waals surface area contributed by atoms with Gasteiger partial charge in [-0.05, 0) is 210 Å². The van der Waals surface area contributed by atoms with Gasteiger partial charge < -0.3 is 107 Å². The molecule has 0 spiro atoms. The Bertz CT molecular complexity index is 2730. The third-order valence-corrected chi connectivity index (χ3v) is 21.6. The van der Waals surface area contributed by atoms with Crippen LogP contribution in [0, 0.1) is 37.5 Å². The molecule has 0 aliphatic carbocycles. The van der Waals surface area contributed by atoms with Crippen molar-refractivity contribution in [1.82, 2.24) is 31.9 Å². The number of ether oxygens (including phenoxy) is 3. The number of benzene rings is 3. The summed E-state index contributed by atoms with van der Waals surface area (Å²) in [5.74, 6) is -5.27. The van der Waals surface area contributed by atoms with Crippen LogP contribution in [-0.4, -0.2) is 250 Å². The Morgan fingerprint density at radius 1 is 0.315 bits per heavy atom. The van der Waals surface area contributed by atoms with E-state index in [2.05, 4.69) is 47.9 Å². The van der Waals surface area contributed by atoms with E-state index in [0.717, 1.165) is 0 Å². The number of anilines is 3. The molecule has 0 aliphatic rings. The zero-order chi connectivity index (χ0) is 69.6. The number of nitrogens with one attached hydrogen (secondary N) is 9. The lowest BCUT2D eigenvalue weighted by atomic mass is 9.94. The van der Waals surface area contributed by atoms with E-state index in [1.54, 1.807) is 203 Å². The highest BCUT2D eigenvalue weighted by molar-refractivity contribution is 14.1. The molecule has 9 amide bonds. The number of aliphatic hydroxyl groups is 12. The van der Waals surface area contributed by atoms with Crippen molar-refractivity contribution in [3.05, 3.63) is 65.5 Å². The number of hydrogen-bond acceptors (Lipinski definition) is 24. The zero-order valence-corrected chi connectivity index (χ0v) is 66.7. The summed E-state index contributed by atoms with van der Waals surface area (Å²) in [7, 11) is 0. The number of carbonyl (C=O) groups excluding carboxylic acids is 9. The minimum absolute atomic E-state index is 0.0114. The molecule has 0 aliphatic heterocycles. The molecule has 3 aromatic carbocycles. The van der Waals surface area contributed by atoms with Crippen LogP contribution in [0.15, 0.2) is 0 Å². The maximum absolute atomic E-state index is 14.1. The van der Waals surface area contributed by atoms with Gasteiger partial charge in [-0.3, -0.25) is 44.7 Å². The fourth-order valence-electron chi connectivity index (χ4n) is 6.96. The summed E-state index contributed by atoms with van der Waals surface area (Å²) >= 11 is 15.3. The molecule has 0 saturated carbocycles. The first-order valence-corrected chi connectivity index (χ1v) is 35.8. The molecule has 0 heterocycles. The molecule has 92 heavy (non-hydrogen) atoms. The smallest absolute Gasteiger partial charge is 0.411 e. The summed E-state index contributed by atoms with van der Waals surface area (Å²) in [4.78, 5) is 125. The van der Waals surface area contributed by atoms with Gasteiger partial charge in [0, 0.05) is 50.0 Å². The maximum Gasteiger partial charge on any atom is 0.411 e. The predicted molar refractivity (Wildman–Crippen MR) is 399 cm³/mol. The molecule has 0 radical (unpaired) electrons. The summed E-state index contributed by atoms with van der Waals surface area (Å²) < 4.78 is 17.2. The molecule has 42 heteroatoms. The Balaban J connectivity index is 2.22. The van der Waals surface area contributed by atoms with E-state index in [0.29, 0.717) is 0 Å². The Hall–Kier alpha value is -1.62. The zero-order valence-electron chi connectivity index (χ0n) is 47.2. The first-order chi connectivity index (χ1) is 43.2. The van der Waals surface area contributed by atoms with Crippen LogP contribution in [0.5, 0.6) is 0 Å². The quantitative estimate of drug-likeness (QED) is 0.0274. The van der Waals surface area contributed by atoms with Gasteiger partial charge in [0.1, 0.15) is 19.8 Å². The minimum Gasteiger partial charge on any atom is -0.448 e. The lowest BCUT2D eigenvalue weighted by molar-refractivity contribution is 0.00320. The Morgan fingerprint density at radius 3 is 0.609 bits per heavy atom. The summed E-state index contributed by atoms with van der Waals surface area (Å²) in [6.07, 6.45) is -12.3. The average Bonchev–Trinajstić information content (AvgIpc) is 0.788. The second-order valence-electron chi connectivity index (χ2n) is 19.4. The summed E-state index contributed by atoms with van der Waals surface area (Å²) in [6, 6.07) is 0. The van der Waals surface area contributed by atoms with Gasteiger partial charge in [0.25, 0.3) is 35.4 Å². The minimum atomic E-state index is -1.83. The van der Waals surface area contributed by atoms with Crippen LogP contribution in [0.4, 0.5) is 31.4 Å². The molecule has 6 atom stereocenters. The van der Waals surface area contributed by atoms with Crippen LogP contribution in [0.25, 0.3) is 0 Å². The van der Waals surface area contributed by atoms with Crippen LogP contribution in [-0.2, 0) is 14.2 Å². The molecule has 6 unspecified atom stereocenters. The molecule has 0 fully saturated rings. The van der Waals surface area contributed by atoms with Gasteiger partial charge in [-0.1, -0.05) is 0 Å². The largest absolute Gasteiger partial charge is 0.448 e. The lowest BCUT2D eigenvalue weighted by Crippen LogP contribution is -2.39. The lowest BCUT2D eigenvalue weighted by Gasteiger charge is -2.28. The standard InChI is InChI=1S/C50H60I9N9O24/c1-50(14-90-47(87)66-38-32(54)23(41(81)60-2-17(75)8-69)29(51)24(33(38)55)42(82)61-3-18(76)9-70,15-91-48(88)67-39-34(56)25(43(83)62-4-19(77)10-71)30(52)26(35(39)57)44(84)63-5-20(78)11-72)16-92-49(89)68-40-36(58)27(45(85)64-6-21(79)12-73)31(53)28(37(40)59)46(86)65-7-22(80)13-74/h17-22,69-80H,2-16H2,1H3,(H,60,81)(H,61,82)(H,62,83)(H,63,84)(H,64,85)(H,65,86)(H,66,87)(H,67,88)(H,68,89). The summed E-state index contributed by atoms with van der Waals surface area (Å²) in [6.45, 7) is -8.30. The van der Waals surface area contributed by atoms with Crippen LogP contribution in [0.2, 0.25) is 0 Å². The molecule has 0 saturated heterocycles. The summed E-state index contributed by atoms with van der Waals surface area (Å²) in [5, 5.41) is 138. The van der Waals surface area contributed by atoms with Gasteiger partial charge in [-0.25, -0.2) is 14.4 Å². The number of carbonyl (C=O) groups is 9. The van der Waals surface area contributed by atoms with Crippen molar-refractivity contribution in [3.8, 4) is 0 Å². The average molecular weight is 2310 g/mol. The third kappa shape index (κ3) is 24.4. The van der Waals surface area contributed by atoms with Gasteiger partial charge in [-0.2, -0.15) is 0 Å². The number of amides is 9. The van der Waals surface area contributed by atoms with Crippen molar-refractivity contribution in [3.63, 3.8) is 0 Å². The Labute approximate surface area is 645 Å². The monoisotopic (exact) mass is 2310 g/mol. The van der Waals surface area contributed by atoms with Gasteiger partial charge in [0.05, 0.1) is 154 Å². The van der Waals surface area contributed by atoms with Crippen molar-refractivity contribution >= 4 is 274 Å². The molecule has 0 aromatic heterocycles. The van der Waals surface area contributed by atoms with E-state index in [4.69, 9.17) is 14.2 Å². The van der Waals surface area contributed by atoms with E-state index in [9.17, 15) is 104 Å². The molecular formula is C50H60I9N9O24. The molecule has 3 aromatic rings. The second kappa shape index (κ2) is 41.1. The SMILES string of the molecule is CC(COC(=O)Nc1c(I)c(C(=O)NCC(O)CO)c(I)c(C(=O)NCC(O)CO)c1I)(COC(=O)Nc1c(I)c(C(=O)NCC(O)CO)c(I)c(C(=O)NCC(O)CO)c1I)COC(=O)Nc1c(I)c(C(=O)NCC(O)CO)c(I)c(C(=O)NCC(O)CO)c1I. The fraction of sp³-hybridized carbons (Fsp3) is 0.460. The Morgan fingerprint density at radius 2 is 0.467 bits per heavy atom. The van der Waals surface area contributed by atoms with Gasteiger partial charge in [0.15, 0.2) is 0 Å². The van der Waals surface area contributed by atoms with Crippen molar-refractivity contribution in [1.29, 1.82) is 0 Å². The number of aliphatic hydroxyl groups excluding tert-OH is 12. The fourth-order valence-corrected chi connectivity index (χ4v) is 20.2. The normalized spacial score (nSPS) is 13.8. The van der Waals surface area contributed by atoms with E-state index in [1.165, 1.54) is 6.92 Å². The number of rotatable bonds is 33. The topological polar surface area (TPSA) is 532 Å². The van der Waals surface area contributed by atoms with Gasteiger partial charge in [-0.15, -0.1) is 0 Å². The van der Waals surface area contributed by atoms with E-state index < -0.39 is 194 Å². The van der Waals surface area contributed by atoms with E-state index in [1.807, 2.05) is 0 Å². The molecule has 3 rings (SSSR count). The number of hydrogen-bond donors (Lipinski definition) is 21. The molecule has 21 N–H and O–H groups in total. The van der Waals surface area contributed by atoms with Gasteiger partial charge >= 0.3 is 18.3 Å². The van der Waals surface area contributed by atoms with Crippen molar-refractivity contribution in [2.45, 2.75) is 43.5 Å². The molecule has 0 bridgehead atoms. The highest BCUT2D eigenvalue weighted by Gasteiger charge is 2.36. The van der Waals surface area contributed by atoms with Crippen LogP contribution < -0.4 is 47.9 Å². The van der Waals surface area contributed by atoms with Crippen LogP contribution >= 0.6 is 203 Å². The predicted octanol–water partition coefficient (Wildman–Crippen LogP) is -0.322. The second-order valence-corrected chi connectivity index (χ2v) is 29.1. The first-order valence-electron chi connectivity index (χ1n) is 26.0. The first kappa shape index (κ1) is 84.6. The van der Waals surface area contributed by atoms with E-state index >= 15 is 0 Å².